The van der Waals surface area contributed by atoms with Crippen molar-refractivity contribution in [3.8, 4) is 11.3 Å². The summed E-state index contributed by atoms with van der Waals surface area (Å²) < 4.78 is 1.72. The molecule has 0 spiro atoms. The second-order valence-electron chi connectivity index (χ2n) is 5.84. The van der Waals surface area contributed by atoms with Crippen LogP contribution in [0.25, 0.3) is 16.9 Å². The van der Waals surface area contributed by atoms with Gasteiger partial charge in [-0.1, -0.05) is 18.2 Å². The van der Waals surface area contributed by atoms with E-state index in [0.29, 0.717) is 6.42 Å². The molecule has 6 heteroatoms. The van der Waals surface area contributed by atoms with Gasteiger partial charge in [-0.25, -0.2) is 0 Å². The van der Waals surface area contributed by atoms with Gasteiger partial charge in [-0.2, -0.15) is 9.61 Å². The summed E-state index contributed by atoms with van der Waals surface area (Å²) >= 11 is 0. The minimum Gasteiger partial charge on any atom is -0.354 e. The van der Waals surface area contributed by atoms with E-state index in [1.165, 1.54) is 0 Å². The molecule has 0 bridgehead atoms. The molecule has 2 heterocycles. The van der Waals surface area contributed by atoms with Crippen molar-refractivity contribution in [2.24, 2.45) is 0 Å². The van der Waals surface area contributed by atoms with Crippen LogP contribution in [0, 0.1) is 6.92 Å². The summed E-state index contributed by atoms with van der Waals surface area (Å²) in [6, 6.07) is 11.8. The summed E-state index contributed by atoms with van der Waals surface area (Å²) in [5, 5.41) is 15.5. The molecule has 2 aromatic heterocycles. The molecule has 0 atom stereocenters. The van der Waals surface area contributed by atoms with Crippen LogP contribution in [0.15, 0.2) is 36.4 Å². The number of carbonyl (C=O) groups is 1. The van der Waals surface area contributed by atoms with Crippen LogP contribution in [0.1, 0.15) is 25.2 Å². The Labute approximate surface area is 134 Å². The van der Waals surface area contributed by atoms with E-state index in [-0.39, 0.29) is 11.9 Å². The first-order valence-corrected chi connectivity index (χ1v) is 7.60. The van der Waals surface area contributed by atoms with Gasteiger partial charge in [-0.05, 0) is 44.5 Å². The molecule has 23 heavy (non-hydrogen) atoms. The number of hydrogen-bond donors (Lipinski definition) is 1. The highest BCUT2D eigenvalue weighted by atomic mass is 16.1. The first-order chi connectivity index (χ1) is 11.0. The van der Waals surface area contributed by atoms with Gasteiger partial charge in [0.1, 0.15) is 0 Å². The molecule has 1 amide bonds. The fraction of sp³-hybridized carbons (Fsp3) is 0.294. The highest BCUT2D eigenvalue weighted by Gasteiger charge is 2.08. The number of benzene rings is 1. The van der Waals surface area contributed by atoms with E-state index in [9.17, 15) is 4.79 Å². The highest BCUT2D eigenvalue weighted by molar-refractivity contribution is 5.79. The van der Waals surface area contributed by atoms with Gasteiger partial charge < -0.3 is 5.32 Å². The number of nitrogens with one attached hydrogen (secondary N) is 1. The Balaban J connectivity index is 1.88. The van der Waals surface area contributed by atoms with Crippen molar-refractivity contribution in [3.63, 3.8) is 0 Å². The van der Waals surface area contributed by atoms with Crippen LogP contribution in [-0.2, 0) is 11.2 Å². The maximum absolute atomic E-state index is 11.9. The standard InChI is InChI=1S/C17H19N5O/c1-11(2)18-17(23)10-13-5-4-6-14(9-13)15-7-8-16-20-19-12(3)22(16)21-15/h4-9,11H,10H2,1-3H3,(H,18,23). The molecule has 1 N–H and O–H groups in total. The normalized spacial score (nSPS) is 11.1. The maximum Gasteiger partial charge on any atom is 0.224 e. The van der Waals surface area contributed by atoms with Gasteiger partial charge in [0.25, 0.3) is 0 Å². The van der Waals surface area contributed by atoms with E-state index in [4.69, 9.17) is 0 Å². The molecule has 0 saturated heterocycles. The van der Waals surface area contributed by atoms with E-state index in [0.717, 1.165) is 28.3 Å². The van der Waals surface area contributed by atoms with Crippen LogP contribution in [0.5, 0.6) is 0 Å². The predicted molar refractivity (Wildman–Crippen MR) is 87.9 cm³/mol. The lowest BCUT2D eigenvalue weighted by Crippen LogP contribution is -2.31. The van der Waals surface area contributed by atoms with E-state index >= 15 is 0 Å². The Hall–Kier alpha value is -2.76. The molecule has 3 rings (SSSR count). The van der Waals surface area contributed by atoms with Crippen LogP contribution >= 0.6 is 0 Å². The number of carbonyl (C=O) groups excluding carboxylic acids is 1. The SMILES string of the molecule is Cc1nnc2ccc(-c3cccc(CC(=O)NC(C)C)c3)nn12. The molecular formula is C17H19N5O. The van der Waals surface area contributed by atoms with Crippen molar-refractivity contribution >= 4 is 11.6 Å². The lowest BCUT2D eigenvalue weighted by Gasteiger charge is -2.09. The van der Waals surface area contributed by atoms with Gasteiger partial charge in [0.2, 0.25) is 5.91 Å². The molecule has 0 aliphatic rings. The second kappa shape index (κ2) is 6.16. The number of aromatic nitrogens is 4. The second-order valence-corrected chi connectivity index (χ2v) is 5.84. The lowest BCUT2D eigenvalue weighted by molar-refractivity contribution is -0.120. The van der Waals surface area contributed by atoms with E-state index in [2.05, 4.69) is 20.6 Å². The van der Waals surface area contributed by atoms with Crippen LogP contribution in [0.3, 0.4) is 0 Å². The average molecular weight is 309 g/mol. The van der Waals surface area contributed by atoms with Gasteiger partial charge in [-0.3, -0.25) is 4.79 Å². The summed E-state index contributed by atoms with van der Waals surface area (Å²) in [4.78, 5) is 11.9. The molecule has 0 fully saturated rings. The molecule has 118 valence electrons. The third-order valence-electron chi connectivity index (χ3n) is 3.46. The largest absolute Gasteiger partial charge is 0.354 e. The molecule has 0 radical (unpaired) electrons. The van der Waals surface area contributed by atoms with Crippen LogP contribution in [-0.4, -0.2) is 31.8 Å². The third-order valence-corrected chi connectivity index (χ3v) is 3.46. The third kappa shape index (κ3) is 3.36. The van der Waals surface area contributed by atoms with Gasteiger partial charge in [-0.15, -0.1) is 10.2 Å². The zero-order valence-corrected chi connectivity index (χ0v) is 13.4. The molecular weight excluding hydrogens is 290 g/mol. The van der Waals surface area contributed by atoms with Crippen LogP contribution in [0.2, 0.25) is 0 Å². The Bertz CT molecular complexity index is 853. The first-order valence-electron chi connectivity index (χ1n) is 7.60. The van der Waals surface area contributed by atoms with Crippen molar-refractivity contribution < 1.29 is 4.79 Å². The van der Waals surface area contributed by atoms with Gasteiger partial charge in [0.15, 0.2) is 11.5 Å². The topological polar surface area (TPSA) is 72.2 Å². The fourth-order valence-corrected chi connectivity index (χ4v) is 2.45. The van der Waals surface area contributed by atoms with Gasteiger partial charge in [0, 0.05) is 11.6 Å². The zero-order valence-electron chi connectivity index (χ0n) is 13.4. The minimum atomic E-state index is 0.0233. The molecule has 0 aliphatic carbocycles. The van der Waals surface area contributed by atoms with Crippen molar-refractivity contribution in [1.82, 2.24) is 25.1 Å². The Kier molecular flexibility index (Phi) is 4.06. The molecule has 0 unspecified atom stereocenters. The molecule has 3 aromatic rings. The van der Waals surface area contributed by atoms with Gasteiger partial charge in [0.05, 0.1) is 12.1 Å². The average Bonchev–Trinajstić information content (AvgIpc) is 2.87. The number of aryl methyl sites for hydroxylation is 1. The summed E-state index contributed by atoms with van der Waals surface area (Å²) in [5.41, 5.74) is 3.48. The number of amides is 1. The number of fused-ring (bicyclic) bond motifs is 1. The van der Waals surface area contributed by atoms with Crippen molar-refractivity contribution in [2.45, 2.75) is 33.2 Å². The lowest BCUT2D eigenvalue weighted by atomic mass is 10.1. The summed E-state index contributed by atoms with van der Waals surface area (Å²) in [5.74, 6) is 0.768. The predicted octanol–water partition coefficient (Wildman–Crippen LogP) is 2.17. The minimum absolute atomic E-state index is 0.0233. The summed E-state index contributed by atoms with van der Waals surface area (Å²) in [6.07, 6.45) is 0.361. The highest BCUT2D eigenvalue weighted by Crippen LogP contribution is 2.19. The Morgan fingerprint density at radius 2 is 2.04 bits per heavy atom. The van der Waals surface area contributed by atoms with Crippen molar-refractivity contribution in [2.75, 3.05) is 0 Å². The Morgan fingerprint density at radius 3 is 2.83 bits per heavy atom. The molecule has 6 nitrogen and oxygen atoms in total. The molecule has 0 saturated carbocycles. The van der Waals surface area contributed by atoms with E-state index in [1.807, 2.05) is 57.2 Å². The van der Waals surface area contributed by atoms with Crippen LogP contribution in [0.4, 0.5) is 0 Å². The van der Waals surface area contributed by atoms with Crippen molar-refractivity contribution in [3.05, 3.63) is 47.8 Å². The fourth-order valence-electron chi connectivity index (χ4n) is 2.45. The molecule has 0 aliphatic heterocycles. The zero-order chi connectivity index (χ0) is 16.4. The number of nitrogens with zero attached hydrogens (tertiary/aromatic N) is 4. The van der Waals surface area contributed by atoms with Crippen molar-refractivity contribution in [1.29, 1.82) is 0 Å². The summed E-state index contributed by atoms with van der Waals surface area (Å²) in [7, 11) is 0. The quantitative estimate of drug-likeness (QED) is 0.801. The monoisotopic (exact) mass is 309 g/mol. The first kappa shape index (κ1) is 15.1. The van der Waals surface area contributed by atoms with E-state index in [1.54, 1.807) is 4.52 Å². The number of hydrogen-bond acceptors (Lipinski definition) is 4. The molecule has 1 aromatic carbocycles. The smallest absolute Gasteiger partial charge is 0.224 e. The van der Waals surface area contributed by atoms with Gasteiger partial charge >= 0.3 is 0 Å². The van der Waals surface area contributed by atoms with Crippen LogP contribution < -0.4 is 5.32 Å². The summed E-state index contributed by atoms with van der Waals surface area (Å²) in [6.45, 7) is 5.77. The number of rotatable bonds is 4. The Morgan fingerprint density at radius 1 is 1.22 bits per heavy atom. The maximum atomic E-state index is 11.9. The van der Waals surface area contributed by atoms with E-state index < -0.39 is 0 Å².